The van der Waals surface area contributed by atoms with E-state index in [0.717, 1.165) is 6.42 Å². The summed E-state index contributed by atoms with van der Waals surface area (Å²) in [6, 6.07) is 0. The zero-order valence-corrected chi connectivity index (χ0v) is 10.2. The van der Waals surface area contributed by atoms with E-state index in [-0.39, 0.29) is 0 Å². The van der Waals surface area contributed by atoms with E-state index in [1.54, 1.807) is 0 Å². The van der Waals surface area contributed by atoms with Crippen molar-refractivity contribution in [2.24, 2.45) is 0 Å². The fourth-order valence-electron chi connectivity index (χ4n) is 1.20. The van der Waals surface area contributed by atoms with Gasteiger partial charge in [-0.15, -0.1) is 0 Å². The molecular formula is C13H22O3. The number of ether oxygens (including phenoxy) is 1. The molecule has 0 aromatic heterocycles. The Morgan fingerprint density at radius 2 is 2.12 bits per heavy atom. The molecule has 0 aliphatic carbocycles. The fourth-order valence-corrected chi connectivity index (χ4v) is 1.20. The molecule has 0 bridgehead atoms. The SMILES string of the molecule is CCCCCC=CCC(O)C=CC(=O)OC. The molecule has 3 nitrogen and oxygen atoms in total. The molecule has 0 aliphatic heterocycles. The van der Waals surface area contributed by atoms with Crippen LogP contribution >= 0.6 is 0 Å². The first-order valence-electron chi connectivity index (χ1n) is 5.80. The molecule has 1 N–H and O–H groups in total. The van der Waals surface area contributed by atoms with E-state index in [4.69, 9.17) is 0 Å². The largest absolute Gasteiger partial charge is 0.466 e. The van der Waals surface area contributed by atoms with Gasteiger partial charge in [-0.25, -0.2) is 4.79 Å². The molecule has 3 heteroatoms. The van der Waals surface area contributed by atoms with Crippen molar-refractivity contribution in [3.05, 3.63) is 24.3 Å². The van der Waals surface area contributed by atoms with Crippen LogP contribution in [-0.4, -0.2) is 24.3 Å². The van der Waals surface area contributed by atoms with Crippen LogP contribution in [0.5, 0.6) is 0 Å². The van der Waals surface area contributed by atoms with Crippen molar-refractivity contribution in [2.75, 3.05) is 7.11 Å². The Kier molecular flexibility index (Phi) is 9.72. The smallest absolute Gasteiger partial charge is 0.330 e. The Hall–Kier alpha value is -1.09. The molecule has 0 radical (unpaired) electrons. The summed E-state index contributed by atoms with van der Waals surface area (Å²) in [5.41, 5.74) is 0. The third-order valence-corrected chi connectivity index (χ3v) is 2.17. The van der Waals surface area contributed by atoms with Crippen LogP contribution in [0.1, 0.15) is 39.0 Å². The van der Waals surface area contributed by atoms with E-state index in [0.29, 0.717) is 6.42 Å². The van der Waals surface area contributed by atoms with Crippen LogP contribution in [0.25, 0.3) is 0 Å². The summed E-state index contributed by atoms with van der Waals surface area (Å²) in [5.74, 6) is -0.439. The number of unbranched alkanes of at least 4 members (excludes halogenated alkanes) is 3. The number of carbonyl (C=O) groups excluding carboxylic acids is 1. The van der Waals surface area contributed by atoms with E-state index in [2.05, 4.69) is 17.7 Å². The second-order valence-corrected chi connectivity index (χ2v) is 3.65. The molecular weight excluding hydrogens is 204 g/mol. The molecule has 0 amide bonds. The molecule has 0 aromatic carbocycles. The van der Waals surface area contributed by atoms with Crippen molar-refractivity contribution in [1.29, 1.82) is 0 Å². The average molecular weight is 226 g/mol. The molecule has 16 heavy (non-hydrogen) atoms. The lowest BCUT2D eigenvalue weighted by Crippen LogP contribution is -2.02. The first-order valence-corrected chi connectivity index (χ1v) is 5.80. The van der Waals surface area contributed by atoms with Gasteiger partial charge < -0.3 is 9.84 Å². The predicted molar refractivity (Wildman–Crippen MR) is 65.1 cm³/mol. The number of rotatable bonds is 8. The molecule has 0 aliphatic rings. The predicted octanol–water partition coefficient (Wildman–Crippen LogP) is 2.60. The minimum atomic E-state index is -0.610. The van der Waals surface area contributed by atoms with Crippen molar-refractivity contribution in [3.8, 4) is 0 Å². The standard InChI is InChI=1S/C13H22O3/c1-3-4-5-6-7-8-9-12(14)10-11-13(15)16-2/h7-8,10-12,14H,3-6,9H2,1-2H3. The van der Waals surface area contributed by atoms with Crippen LogP contribution in [0.15, 0.2) is 24.3 Å². The quantitative estimate of drug-likeness (QED) is 0.299. The van der Waals surface area contributed by atoms with Crippen molar-refractivity contribution in [1.82, 2.24) is 0 Å². The second-order valence-electron chi connectivity index (χ2n) is 3.65. The Labute approximate surface area is 97.8 Å². The molecule has 0 fully saturated rings. The lowest BCUT2D eigenvalue weighted by molar-refractivity contribution is -0.134. The van der Waals surface area contributed by atoms with Crippen LogP contribution in [0.4, 0.5) is 0 Å². The van der Waals surface area contributed by atoms with Crippen LogP contribution in [0, 0.1) is 0 Å². The highest BCUT2D eigenvalue weighted by Gasteiger charge is 1.97. The molecule has 92 valence electrons. The summed E-state index contributed by atoms with van der Waals surface area (Å²) in [4.78, 5) is 10.7. The van der Waals surface area contributed by atoms with E-state index < -0.39 is 12.1 Å². The van der Waals surface area contributed by atoms with Gasteiger partial charge in [0.2, 0.25) is 0 Å². The maximum absolute atomic E-state index is 10.7. The molecule has 0 rings (SSSR count). The van der Waals surface area contributed by atoms with Crippen molar-refractivity contribution in [2.45, 2.75) is 45.1 Å². The highest BCUT2D eigenvalue weighted by atomic mass is 16.5. The van der Waals surface area contributed by atoms with Gasteiger partial charge in [0.15, 0.2) is 0 Å². The maximum atomic E-state index is 10.7. The van der Waals surface area contributed by atoms with Crippen LogP contribution in [0.2, 0.25) is 0 Å². The van der Waals surface area contributed by atoms with Crippen LogP contribution in [0.3, 0.4) is 0 Å². The Bertz CT molecular complexity index is 231. The number of hydrogen-bond donors (Lipinski definition) is 1. The van der Waals surface area contributed by atoms with Gasteiger partial charge in [0.25, 0.3) is 0 Å². The highest BCUT2D eigenvalue weighted by molar-refractivity contribution is 5.81. The Morgan fingerprint density at radius 3 is 2.75 bits per heavy atom. The fraction of sp³-hybridized carbons (Fsp3) is 0.615. The number of hydrogen-bond acceptors (Lipinski definition) is 3. The minimum Gasteiger partial charge on any atom is -0.466 e. The van der Waals surface area contributed by atoms with Gasteiger partial charge in [-0.05, 0) is 25.3 Å². The van der Waals surface area contributed by atoms with Crippen LogP contribution in [-0.2, 0) is 9.53 Å². The summed E-state index contributed by atoms with van der Waals surface area (Å²) in [6.45, 7) is 2.17. The Balaban J connectivity index is 3.60. The van der Waals surface area contributed by atoms with Gasteiger partial charge in [0.1, 0.15) is 0 Å². The van der Waals surface area contributed by atoms with Crippen molar-refractivity contribution >= 4 is 5.97 Å². The number of carbonyl (C=O) groups is 1. The molecule has 0 heterocycles. The maximum Gasteiger partial charge on any atom is 0.330 e. The average Bonchev–Trinajstić information content (AvgIpc) is 2.30. The van der Waals surface area contributed by atoms with Gasteiger partial charge in [-0.3, -0.25) is 0 Å². The molecule has 0 aromatic rings. The van der Waals surface area contributed by atoms with Gasteiger partial charge in [-0.2, -0.15) is 0 Å². The molecule has 1 atom stereocenters. The minimum absolute atomic E-state index is 0.439. The zero-order valence-electron chi connectivity index (χ0n) is 10.2. The highest BCUT2D eigenvalue weighted by Crippen LogP contribution is 2.02. The summed E-state index contributed by atoms with van der Waals surface area (Å²) in [6.07, 6.45) is 11.4. The monoisotopic (exact) mass is 226 g/mol. The third-order valence-electron chi connectivity index (χ3n) is 2.17. The second kappa shape index (κ2) is 10.4. The normalized spacial score (nSPS) is 13.4. The summed E-state index contributed by atoms with van der Waals surface area (Å²) >= 11 is 0. The van der Waals surface area contributed by atoms with E-state index in [1.165, 1.54) is 38.5 Å². The lowest BCUT2D eigenvalue weighted by atomic mass is 10.1. The van der Waals surface area contributed by atoms with Crippen molar-refractivity contribution < 1.29 is 14.6 Å². The summed E-state index contributed by atoms with van der Waals surface area (Å²) in [5, 5.41) is 9.45. The zero-order chi connectivity index (χ0) is 12.2. The number of methoxy groups -OCH3 is 1. The number of esters is 1. The van der Waals surface area contributed by atoms with E-state index in [1.807, 2.05) is 6.08 Å². The number of aliphatic hydroxyl groups is 1. The third kappa shape index (κ3) is 9.46. The Morgan fingerprint density at radius 1 is 1.38 bits per heavy atom. The van der Waals surface area contributed by atoms with Gasteiger partial charge in [0.05, 0.1) is 13.2 Å². The first kappa shape index (κ1) is 14.9. The van der Waals surface area contributed by atoms with Gasteiger partial charge >= 0.3 is 5.97 Å². The van der Waals surface area contributed by atoms with Crippen LogP contribution < -0.4 is 0 Å². The molecule has 0 saturated heterocycles. The van der Waals surface area contributed by atoms with Crippen molar-refractivity contribution in [3.63, 3.8) is 0 Å². The summed E-state index contributed by atoms with van der Waals surface area (Å²) in [7, 11) is 1.31. The molecule has 0 spiro atoms. The van der Waals surface area contributed by atoms with Gasteiger partial charge in [-0.1, -0.05) is 31.9 Å². The molecule has 0 saturated carbocycles. The van der Waals surface area contributed by atoms with E-state index in [9.17, 15) is 9.90 Å². The lowest BCUT2D eigenvalue weighted by Gasteiger charge is -2.00. The van der Waals surface area contributed by atoms with E-state index >= 15 is 0 Å². The van der Waals surface area contributed by atoms with Gasteiger partial charge in [0, 0.05) is 6.08 Å². The topological polar surface area (TPSA) is 46.5 Å². The molecule has 1 unspecified atom stereocenters. The summed E-state index contributed by atoms with van der Waals surface area (Å²) < 4.78 is 4.42. The first-order chi connectivity index (χ1) is 7.70. The number of aliphatic hydroxyl groups excluding tert-OH is 1. The number of allylic oxidation sites excluding steroid dienone is 1.